The number of nitrogens with two attached hydrogens (primary N) is 1. The van der Waals surface area contributed by atoms with Crippen molar-refractivity contribution in [1.29, 1.82) is 0 Å². The van der Waals surface area contributed by atoms with Gasteiger partial charge in [-0.05, 0) is 55.7 Å². The highest BCUT2D eigenvalue weighted by Crippen LogP contribution is 2.56. The monoisotopic (exact) mass is 585 g/mol. The van der Waals surface area contributed by atoms with E-state index in [-0.39, 0.29) is 22.6 Å². The lowest BCUT2D eigenvalue weighted by Crippen LogP contribution is -2.52. The number of aromatic nitrogens is 4. The Kier molecular flexibility index (Phi) is 6.00. The number of rotatable bonds is 2. The highest BCUT2D eigenvalue weighted by atomic mass is 35.5. The quantitative estimate of drug-likeness (QED) is 0.555. The molecule has 0 saturated carbocycles. The molecule has 1 fully saturated rings. The summed E-state index contributed by atoms with van der Waals surface area (Å²) < 4.78 is 18.4. The van der Waals surface area contributed by atoms with E-state index in [1.807, 2.05) is 10.8 Å². The van der Waals surface area contributed by atoms with Gasteiger partial charge in [0.2, 0.25) is 5.96 Å². The molecule has 13 heteroatoms. The van der Waals surface area contributed by atoms with Crippen molar-refractivity contribution in [2.24, 2.45) is 27.1 Å². The van der Waals surface area contributed by atoms with E-state index in [1.54, 1.807) is 18.1 Å². The van der Waals surface area contributed by atoms with Crippen molar-refractivity contribution in [2.75, 3.05) is 26.2 Å². The minimum absolute atomic E-state index is 0.000439. The Morgan fingerprint density at radius 1 is 1.23 bits per heavy atom. The maximum absolute atomic E-state index is 13.3. The molecule has 2 aromatic heterocycles. The largest absolute Gasteiger partial charge is 0.383 e. The summed E-state index contributed by atoms with van der Waals surface area (Å²) in [5.74, 6) is 2.38. The lowest BCUT2D eigenvalue weighted by molar-refractivity contribution is 0.117. The maximum Gasteiger partial charge on any atom is 0.207 e. The third-order valence-corrected chi connectivity index (χ3v) is 12.7. The smallest absolute Gasteiger partial charge is 0.207 e. The second-order valence-corrected chi connectivity index (χ2v) is 15.1. The van der Waals surface area contributed by atoms with Crippen LogP contribution in [0.5, 0.6) is 0 Å². The van der Waals surface area contributed by atoms with Gasteiger partial charge >= 0.3 is 0 Å². The summed E-state index contributed by atoms with van der Waals surface area (Å²) in [6.45, 7) is 9.16. The van der Waals surface area contributed by atoms with E-state index in [0.29, 0.717) is 24.0 Å². The molecule has 1 spiro atoms. The molecule has 0 bridgehead atoms. The number of thioether (sulfide) groups is 1. The summed E-state index contributed by atoms with van der Waals surface area (Å²) in [6, 6.07) is 2.13. The molecule has 2 aromatic rings. The van der Waals surface area contributed by atoms with Crippen LogP contribution in [0.1, 0.15) is 67.5 Å². The van der Waals surface area contributed by atoms with Gasteiger partial charge in [-0.1, -0.05) is 18.5 Å². The molecule has 1 aliphatic carbocycles. The number of hydrogen-bond acceptors (Lipinski definition) is 9. The summed E-state index contributed by atoms with van der Waals surface area (Å²) in [5.41, 5.74) is 9.63. The molecule has 7 rings (SSSR count). The number of amidine groups is 1. The average molecular weight is 586 g/mol. The van der Waals surface area contributed by atoms with Crippen LogP contribution in [0, 0.1) is 11.3 Å². The van der Waals surface area contributed by atoms with Crippen LogP contribution in [0.4, 0.5) is 0 Å². The van der Waals surface area contributed by atoms with Gasteiger partial charge < -0.3 is 10.6 Å². The van der Waals surface area contributed by atoms with E-state index in [9.17, 15) is 4.21 Å². The van der Waals surface area contributed by atoms with Crippen LogP contribution in [0.2, 0.25) is 0 Å². The van der Waals surface area contributed by atoms with Gasteiger partial charge in [-0.3, -0.25) is 19.5 Å². The fraction of sp³-hybridized carbons (Fsp3) is 0.577. The summed E-state index contributed by atoms with van der Waals surface area (Å²) in [7, 11) is -1.16. The zero-order chi connectivity index (χ0) is 27.1. The van der Waals surface area contributed by atoms with Crippen LogP contribution in [-0.2, 0) is 22.2 Å². The number of aliphatic imine (C=N–C) groups is 2. The van der Waals surface area contributed by atoms with E-state index in [2.05, 4.69) is 51.6 Å². The first-order chi connectivity index (χ1) is 18.7. The molecule has 4 aliphatic heterocycles. The number of dihydropyridines is 1. The standard InChI is InChI=1S/C26H32ClN9OS2/c1-14-11-30-22(28)19(27)20(14)38-17-12-31-24(36-13-32-33-23(17)36)35-8-5-26(6-9-35)10-16-18-15(4-7-29-16)25(2,3)39(37)34-21(18)26/h4,7,13-14,17,21,34H,5-6,8-12H2,1-3H3,(H2,28,30)/t14?,17?,21-,39+/m1/s1. The van der Waals surface area contributed by atoms with E-state index >= 15 is 0 Å². The van der Waals surface area contributed by atoms with Crippen molar-refractivity contribution in [3.05, 3.63) is 51.2 Å². The molecule has 1 saturated heterocycles. The zero-order valence-corrected chi connectivity index (χ0v) is 24.6. The van der Waals surface area contributed by atoms with E-state index < -0.39 is 15.7 Å². The van der Waals surface area contributed by atoms with Crippen LogP contribution >= 0.6 is 23.4 Å². The summed E-state index contributed by atoms with van der Waals surface area (Å²) >= 11 is 8.21. The van der Waals surface area contributed by atoms with Gasteiger partial charge in [-0.2, -0.15) is 0 Å². The van der Waals surface area contributed by atoms with Gasteiger partial charge in [0.15, 0.2) is 5.82 Å². The normalized spacial score (nSPS) is 30.6. The second-order valence-electron chi connectivity index (χ2n) is 11.7. The Labute approximate surface area is 239 Å². The number of nitrogens with zero attached hydrogens (tertiary/aromatic N) is 7. The highest BCUT2D eigenvalue weighted by Gasteiger charge is 2.54. The summed E-state index contributed by atoms with van der Waals surface area (Å²) in [5, 5.41) is 9.28. The Bertz CT molecular complexity index is 1470. The topological polar surface area (TPSA) is 127 Å². The molecule has 5 aliphatic rings. The van der Waals surface area contributed by atoms with Crippen LogP contribution in [0.25, 0.3) is 0 Å². The molecular formula is C26H32ClN9OS2. The van der Waals surface area contributed by atoms with E-state index in [1.165, 1.54) is 11.1 Å². The molecule has 39 heavy (non-hydrogen) atoms. The molecule has 0 aromatic carbocycles. The minimum atomic E-state index is -1.16. The molecule has 6 heterocycles. The molecule has 4 atom stereocenters. The lowest BCUT2D eigenvalue weighted by Gasteiger charge is -2.47. The summed E-state index contributed by atoms with van der Waals surface area (Å²) in [4.78, 5) is 17.5. The fourth-order valence-electron chi connectivity index (χ4n) is 6.74. The molecule has 0 radical (unpaired) electrons. The molecular weight excluding hydrogens is 554 g/mol. The molecule has 3 N–H and O–H groups in total. The third-order valence-electron chi connectivity index (χ3n) is 9.04. The minimum Gasteiger partial charge on any atom is -0.383 e. The number of halogens is 1. The van der Waals surface area contributed by atoms with Gasteiger partial charge in [-0.25, -0.2) is 8.93 Å². The number of hydrogen-bond donors (Lipinski definition) is 2. The molecule has 0 amide bonds. The van der Waals surface area contributed by atoms with Crippen molar-refractivity contribution < 1.29 is 4.21 Å². The Balaban J connectivity index is 1.11. The van der Waals surface area contributed by atoms with Gasteiger partial charge in [0.05, 0.1) is 27.6 Å². The van der Waals surface area contributed by atoms with Crippen LogP contribution in [0.3, 0.4) is 0 Å². The number of pyridine rings is 1. The zero-order valence-electron chi connectivity index (χ0n) is 22.2. The molecule has 206 valence electrons. The lowest BCUT2D eigenvalue weighted by atomic mass is 9.72. The third kappa shape index (κ3) is 3.85. The van der Waals surface area contributed by atoms with Crippen molar-refractivity contribution in [3.8, 4) is 0 Å². The molecule has 2 unspecified atom stereocenters. The number of fused-ring (bicyclic) bond motifs is 2. The number of piperidine rings is 1. The second kappa shape index (κ2) is 9.12. The Hall–Kier alpha value is -2.28. The first-order valence-corrected chi connectivity index (χ1v) is 15.8. The van der Waals surface area contributed by atoms with Gasteiger partial charge in [-0.15, -0.1) is 22.0 Å². The Morgan fingerprint density at radius 2 is 2.03 bits per heavy atom. The highest BCUT2D eigenvalue weighted by molar-refractivity contribution is 8.03. The number of likely N-dealkylation sites (tertiary alicyclic amines) is 1. The Morgan fingerprint density at radius 3 is 2.82 bits per heavy atom. The van der Waals surface area contributed by atoms with Crippen molar-refractivity contribution in [3.63, 3.8) is 0 Å². The molecule has 10 nitrogen and oxygen atoms in total. The van der Waals surface area contributed by atoms with E-state index in [0.717, 1.165) is 54.7 Å². The van der Waals surface area contributed by atoms with Crippen molar-refractivity contribution >= 4 is 46.1 Å². The van der Waals surface area contributed by atoms with Crippen LogP contribution in [-0.4, -0.2) is 66.8 Å². The van der Waals surface area contributed by atoms with Crippen molar-refractivity contribution in [2.45, 2.75) is 56.1 Å². The van der Waals surface area contributed by atoms with Gasteiger partial charge in [0, 0.05) is 42.3 Å². The van der Waals surface area contributed by atoms with Crippen molar-refractivity contribution in [1.82, 2.24) is 29.4 Å². The average Bonchev–Trinajstić information content (AvgIpc) is 3.53. The summed E-state index contributed by atoms with van der Waals surface area (Å²) in [6.07, 6.45) is 6.49. The SMILES string of the molecule is CC1CN=C(N)C(Cl)=C1SC1CN=C(N2CCC3(CC2)Cc2nccc4c2[C@H]3N[S@@](=O)C4(C)C)n2cnnc21. The van der Waals surface area contributed by atoms with Gasteiger partial charge in [0.25, 0.3) is 0 Å². The predicted molar refractivity (Wildman–Crippen MR) is 155 cm³/mol. The van der Waals surface area contributed by atoms with Gasteiger partial charge in [0.1, 0.15) is 23.1 Å². The van der Waals surface area contributed by atoms with E-state index in [4.69, 9.17) is 27.3 Å². The maximum atomic E-state index is 13.3. The first kappa shape index (κ1) is 25.7. The number of nitrogens with one attached hydrogen (secondary N) is 1. The fourth-order valence-corrected chi connectivity index (χ4v) is 9.61. The van der Waals surface area contributed by atoms with Crippen LogP contribution < -0.4 is 10.5 Å². The van der Waals surface area contributed by atoms with Crippen LogP contribution in [0.15, 0.2) is 38.5 Å². The predicted octanol–water partition coefficient (Wildman–Crippen LogP) is 3.00. The first-order valence-electron chi connectivity index (χ1n) is 13.4.